The van der Waals surface area contributed by atoms with Gasteiger partial charge in [-0.3, -0.25) is 4.79 Å². The lowest BCUT2D eigenvalue weighted by Crippen LogP contribution is -2.41. The highest BCUT2D eigenvalue weighted by Gasteiger charge is 2.21. The summed E-state index contributed by atoms with van der Waals surface area (Å²) in [6.07, 6.45) is 2.04. The molecule has 2 heterocycles. The number of nitrogens with one attached hydrogen (secondary N) is 1. The Hall–Kier alpha value is -0.960. The van der Waals surface area contributed by atoms with E-state index in [-0.39, 0.29) is 22.8 Å². The minimum Gasteiger partial charge on any atom is -0.376 e. The van der Waals surface area contributed by atoms with E-state index in [4.69, 9.17) is 4.74 Å². The topological polar surface area (TPSA) is 75.7 Å². The number of ether oxygens (including phenoxy) is 1. The van der Waals surface area contributed by atoms with Crippen LogP contribution in [0.1, 0.15) is 19.8 Å². The normalized spacial score (nSPS) is 18.8. The van der Waals surface area contributed by atoms with Crippen molar-refractivity contribution in [2.45, 2.75) is 30.1 Å². The Bertz CT molecular complexity index is 551. The number of sulfonamides is 1. The molecule has 118 valence electrons. The van der Waals surface area contributed by atoms with E-state index >= 15 is 0 Å². The second kappa shape index (κ2) is 7.35. The molecular formula is C13H20N2O4S2. The molecule has 1 aromatic rings. The average molecular weight is 332 g/mol. The quantitative estimate of drug-likeness (QED) is 0.810. The zero-order valence-electron chi connectivity index (χ0n) is 11.9. The maximum atomic E-state index is 12.0. The zero-order chi connectivity index (χ0) is 15.3. The van der Waals surface area contributed by atoms with Crippen LogP contribution in [0.25, 0.3) is 0 Å². The van der Waals surface area contributed by atoms with Crippen LogP contribution in [0.5, 0.6) is 0 Å². The van der Waals surface area contributed by atoms with Gasteiger partial charge in [0, 0.05) is 33.2 Å². The van der Waals surface area contributed by atoms with Crippen LogP contribution < -0.4 is 4.72 Å². The molecule has 1 saturated heterocycles. The Morgan fingerprint density at radius 3 is 2.95 bits per heavy atom. The Labute approximate surface area is 129 Å². The molecule has 1 unspecified atom stereocenters. The lowest BCUT2D eigenvalue weighted by Gasteiger charge is -2.24. The van der Waals surface area contributed by atoms with Crippen LogP contribution >= 0.6 is 11.3 Å². The van der Waals surface area contributed by atoms with Gasteiger partial charge in [-0.05, 0) is 24.3 Å². The fourth-order valence-corrected chi connectivity index (χ4v) is 4.27. The highest BCUT2D eigenvalue weighted by Crippen LogP contribution is 2.15. The molecule has 21 heavy (non-hydrogen) atoms. The monoisotopic (exact) mass is 332 g/mol. The van der Waals surface area contributed by atoms with Crippen molar-refractivity contribution in [3.8, 4) is 0 Å². The number of thiophene rings is 1. The van der Waals surface area contributed by atoms with Crippen molar-refractivity contribution in [3.05, 3.63) is 17.5 Å². The van der Waals surface area contributed by atoms with E-state index in [9.17, 15) is 13.2 Å². The molecule has 1 amide bonds. The first-order valence-corrected chi connectivity index (χ1v) is 9.25. The molecular weight excluding hydrogens is 312 g/mol. The van der Waals surface area contributed by atoms with Gasteiger partial charge in [0.05, 0.1) is 6.10 Å². The SMILES string of the molecule is CC(=O)N(CCNS(=O)(=O)c1cccs1)CC1CCCO1. The summed E-state index contributed by atoms with van der Waals surface area (Å²) in [7, 11) is -3.47. The van der Waals surface area contributed by atoms with Gasteiger partial charge < -0.3 is 9.64 Å². The van der Waals surface area contributed by atoms with Gasteiger partial charge in [0.1, 0.15) is 4.21 Å². The average Bonchev–Trinajstić information content (AvgIpc) is 3.10. The molecule has 0 aromatic carbocycles. The van der Waals surface area contributed by atoms with E-state index in [1.807, 2.05) is 0 Å². The lowest BCUT2D eigenvalue weighted by atomic mass is 10.2. The van der Waals surface area contributed by atoms with Crippen molar-refractivity contribution < 1.29 is 17.9 Å². The van der Waals surface area contributed by atoms with Crippen molar-refractivity contribution >= 4 is 27.3 Å². The van der Waals surface area contributed by atoms with E-state index in [0.717, 1.165) is 19.4 Å². The van der Waals surface area contributed by atoms with E-state index in [0.29, 0.717) is 13.1 Å². The maximum Gasteiger partial charge on any atom is 0.250 e. The number of hydrogen-bond acceptors (Lipinski definition) is 5. The summed E-state index contributed by atoms with van der Waals surface area (Å²) in [5, 5.41) is 1.72. The summed E-state index contributed by atoms with van der Waals surface area (Å²) in [4.78, 5) is 13.2. The fraction of sp³-hybridized carbons (Fsp3) is 0.615. The predicted octanol–water partition coefficient (Wildman–Crippen LogP) is 1.05. The number of hydrogen-bond donors (Lipinski definition) is 1. The second-order valence-electron chi connectivity index (χ2n) is 4.93. The standard InChI is InChI=1S/C13H20N2O4S2/c1-11(16)15(10-12-4-2-8-19-12)7-6-14-21(17,18)13-5-3-9-20-13/h3,5,9,12,14H,2,4,6-8,10H2,1H3. The first-order chi connectivity index (χ1) is 9.99. The van der Waals surface area contributed by atoms with Crippen molar-refractivity contribution in [1.29, 1.82) is 0 Å². The van der Waals surface area contributed by atoms with Gasteiger partial charge in [-0.2, -0.15) is 0 Å². The van der Waals surface area contributed by atoms with E-state index in [1.54, 1.807) is 22.4 Å². The number of amides is 1. The van der Waals surface area contributed by atoms with Crippen LogP contribution in [0.4, 0.5) is 0 Å². The molecule has 8 heteroatoms. The highest BCUT2D eigenvalue weighted by molar-refractivity contribution is 7.91. The predicted molar refractivity (Wildman–Crippen MR) is 80.7 cm³/mol. The molecule has 0 bridgehead atoms. The Morgan fingerprint density at radius 2 is 2.38 bits per heavy atom. The molecule has 6 nitrogen and oxygen atoms in total. The molecule has 1 N–H and O–H groups in total. The largest absolute Gasteiger partial charge is 0.376 e. The number of rotatable bonds is 7. The number of carbonyl (C=O) groups excluding carboxylic acids is 1. The van der Waals surface area contributed by atoms with Crippen LogP contribution in [0.15, 0.2) is 21.7 Å². The summed E-state index contributed by atoms with van der Waals surface area (Å²) in [6, 6.07) is 3.25. The Morgan fingerprint density at radius 1 is 1.57 bits per heavy atom. The molecule has 2 rings (SSSR count). The van der Waals surface area contributed by atoms with Crippen molar-refractivity contribution in [2.75, 3.05) is 26.2 Å². The minimum absolute atomic E-state index is 0.0687. The summed E-state index contributed by atoms with van der Waals surface area (Å²) < 4.78 is 32.2. The molecule has 1 aromatic heterocycles. The third kappa shape index (κ3) is 4.77. The van der Waals surface area contributed by atoms with Crippen molar-refractivity contribution in [1.82, 2.24) is 9.62 Å². The molecule has 0 saturated carbocycles. The lowest BCUT2D eigenvalue weighted by molar-refractivity contribution is -0.130. The Kier molecular flexibility index (Phi) is 5.74. The zero-order valence-corrected chi connectivity index (χ0v) is 13.6. The van der Waals surface area contributed by atoms with Gasteiger partial charge in [-0.25, -0.2) is 13.1 Å². The fourth-order valence-electron chi connectivity index (χ4n) is 2.21. The number of carbonyl (C=O) groups is 1. The van der Waals surface area contributed by atoms with Crippen molar-refractivity contribution in [2.24, 2.45) is 0 Å². The van der Waals surface area contributed by atoms with Crippen LogP contribution in [0, 0.1) is 0 Å². The summed E-state index contributed by atoms with van der Waals surface area (Å²) in [5.41, 5.74) is 0. The second-order valence-corrected chi connectivity index (χ2v) is 7.87. The van der Waals surface area contributed by atoms with Gasteiger partial charge >= 0.3 is 0 Å². The molecule has 0 radical (unpaired) electrons. The van der Waals surface area contributed by atoms with Crippen molar-refractivity contribution in [3.63, 3.8) is 0 Å². The van der Waals surface area contributed by atoms with E-state index in [1.165, 1.54) is 18.3 Å². The van der Waals surface area contributed by atoms with Crippen LogP contribution in [-0.4, -0.2) is 51.6 Å². The third-order valence-corrected chi connectivity index (χ3v) is 6.19. The Balaban J connectivity index is 1.83. The van der Waals surface area contributed by atoms with Gasteiger partial charge in [-0.1, -0.05) is 6.07 Å². The van der Waals surface area contributed by atoms with Gasteiger partial charge in [0.25, 0.3) is 0 Å². The molecule has 0 spiro atoms. The first-order valence-electron chi connectivity index (χ1n) is 6.89. The van der Waals surface area contributed by atoms with E-state index < -0.39 is 10.0 Å². The van der Waals surface area contributed by atoms with Crippen LogP contribution in [0.3, 0.4) is 0 Å². The third-order valence-electron chi connectivity index (χ3n) is 3.33. The first kappa shape index (κ1) is 16.4. The van der Waals surface area contributed by atoms with Crippen LogP contribution in [0.2, 0.25) is 0 Å². The minimum atomic E-state index is -3.47. The van der Waals surface area contributed by atoms with Gasteiger partial charge in [0.15, 0.2) is 0 Å². The summed E-state index contributed by atoms with van der Waals surface area (Å²) in [5.74, 6) is -0.0687. The van der Waals surface area contributed by atoms with Gasteiger partial charge in [0.2, 0.25) is 15.9 Å². The van der Waals surface area contributed by atoms with Crippen LogP contribution in [-0.2, 0) is 19.6 Å². The highest BCUT2D eigenvalue weighted by atomic mass is 32.2. The number of nitrogens with zero attached hydrogens (tertiary/aromatic N) is 1. The molecule has 1 fully saturated rings. The summed E-state index contributed by atoms with van der Waals surface area (Å²) in [6.45, 7) is 3.30. The van der Waals surface area contributed by atoms with E-state index in [2.05, 4.69) is 4.72 Å². The molecule has 1 aliphatic heterocycles. The van der Waals surface area contributed by atoms with Gasteiger partial charge in [-0.15, -0.1) is 11.3 Å². The molecule has 1 aliphatic rings. The molecule has 1 atom stereocenters. The summed E-state index contributed by atoms with van der Waals surface area (Å²) >= 11 is 1.17. The maximum absolute atomic E-state index is 12.0. The smallest absolute Gasteiger partial charge is 0.250 e. The molecule has 0 aliphatic carbocycles.